The molecular weight excluding hydrogens is 732 g/mol. The molecular formula is C33H31BrN8O7S. The molecule has 1 aliphatic heterocycles. The molecule has 0 unspecified atom stereocenters. The molecule has 4 heterocycles. The summed E-state index contributed by atoms with van der Waals surface area (Å²) in [6.07, 6.45) is 6.04. The number of benzene rings is 2. The van der Waals surface area contributed by atoms with Crippen LogP contribution in [-0.2, 0) is 14.8 Å². The van der Waals surface area contributed by atoms with Crippen molar-refractivity contribution in [3.63, 3.8) is 0 Å². The van der Waals surface area contributed by atoms with Crippen molar-refractivity contribution in [2.75, 3.05) is 56.2 Å². The third-order valence-electron chi connectivity index (χ3n) is 6.90. The fraction of sp³-hybridized carbons (Fsp3) is 0.212. The van der Waals surface area contributed by atoms with E-state index in [9.17, 15) is 8.42 Å². The van der Waals surface area contributed by atoms with Crippen molar-refractivity contribution in [3.8, 4) is 40.7 Å². The van der Waals surface area contributed by atoms with Gasteiger partial charge in [-0.25, -0.2) is 33.3 Å². The fourth-order valence-electron chi connectivity index (χ4n) is 4.57. The van der Waals surface area contributed by atoms with Gasteiger partial charge in [-0.1, -0.05) is 42.5 Å². The molecule has 0 saturated carbocycles. The van der Waals surface area contributed by atoms with Crippen LogP contribution < -0.4 is 28.6 Å². The standard InChI is InChI=1S/C33H31BrN8O7S/c1-45-25-9-5-6-10-26(25)49-29-28(30-35-13-11-27(38-30)41-50(43,44)20-12-23-7-3-2-4-8-23)39-32(42-14-16-46-17-15-42)40-31(29)47-18-19-48-33-36-21-24(34)22-37-33/h2-13,20-22H,14-19H2,1H3,(H,35,38,41). The van der Waals surface area contributed by atoms with Gasteiger partial charge in [0.25, 0.3) is 15.9 Å². The van der Waals surface area contributed by atoms with Gasteiger partial charge in [-0.05, 0) is 45.8 Å². The lowest BCUT2D eigenvalue weighted by atomic mass is 10.2. The van der Waals surface area contributed by atoms with Crippen molar-refractivity contribution >= 4 is 43.8 Å². The highest BCUT2D eigenvalue weighted by Crippen LogP contribution is 2.42. The topological polar surface area (TPSA) is 173 Å². The Hall–Kier alpha value is -5.39. The van der Waals surface area contributed by atoms with Gasteiger partial charge in [0.1, 0.15) is 19.0 Å². The number of anilines is 2. The average Bonchev–Trinajstić information content (AvgIpc) is 3.14. The van der Waals surface area contributed by atoms with Crippen molar-refractivity contribution in [2.45, 2.75) is 0 Å². The van der Waals surface area contributed by atoms with Crippen LogP contribution in [0.2, 0.25) is 0 Å². The van der Waals surface area contributed by atoms with Gasteiger partial charge >= 0.3 is 6.01 Å². The molecule has 50 heavy (non-hydrogen) atoms. The number of hydrogen-bond acceptors (Lipinski definition) is 14. The maximum absolute atomic E-state index is 13.0. The van der Waals surface area contributed by atoms with Crippen LogP contribution in [0.3, 0.4) is 0 Å². The molecule has 5 aromatic rings. The van der Waals surface area contributed by atoms with E-state index < -0.39 is 10.0 Å². The Morgan fingerprint density at radius 2 is 1.62 bits per heavy atom. The SMILES string of the molecule is COc1ccccc1Oc1c(OCCOc2ncc(Br)cn2)nc(N2CCOCC2)nc1-c1nccc(NS(=O)(=O)C=Cc2ccccc2)n1. The number of morpholine rings is 1. The largest absolute Gasteiger partial charge is 0.493 e. The normalized spacial score (nSPS) is 13.2. The summed E-state index contributed by atoms with van der Waals surface area (Å²) in [5.74, 6) is 1.26. The molecule has 0 bridgehead atoms. The number of nitrogens with zero attached hydrogens (tertiary/aromatic N) is 7. The van der Waals surface area contributed by atoms with Gasteiger partial charge in [0, 0.05) is 31.7 Å². The Bertz CT molecular complexity index is 2030. The van der Waals surface area contributed by atoms with Crippen molar-refractivity contribution in [1.82, 2.24) is 29.9 Å². The minimum absolute atomic E-state index is 0.00727. The van der Waals surface area contributed by atoms with Gasteiger partial charge in [0.15, 0.2) is 23.0 Å². The summed E-state index contributed by atoms with van der Waals surface area (Å²) in [6.45, 7) is 2.08. The van der Waals surface area contributed by atoms with Gasteiger partial charge in [-0.15, -0.1) is 0 Å². The number of ether oxygens (including phenoxy) is 5. The Morgan fingerprint density at radius 1 is 0.900 bits per heavy atom. The minimum atomic E-state index is -3.95. The van der Waals surface area contributed by atoms with Gasteiger partial charge in [-0.2, -0.15) is 4.98 Å². The smallest absolute Gasteiger partial charge is 0.316 e. The molecule has 1 saturated heterocycles. The predicted molar refractivity (Wildman–Crippen MR) is 188 cm³/mol. The molecule has 17 heteroatoms. The van der Waals surface area contributed by atoms with E-state index in [4.69, 9.17) is 33.7 Å². The van der Waals surface area contributed by atoms with E-state index in [1.165, 1.54) is 25.4 Å². The first-order valence-corrected chi connectivity index (χ1v) is 17.6. The third-order valence-corrected chi connectivity index (χ3v) is 8.30. The molecule has 258 valence electrons. The van der Waals surface area contributed by atoms with Crippen molar-refractivity contribution in [1.29, 1.82) is 0 Å². The second kappa shape index (κ2) is 16.3. The Morgan fingerprint density at radius 3 is 2.38 bits per heavy atom. The quantitative estimate of drug-likeness (QED) is 0.150. The van der Waals surface area contributed by atoms with E-state index in [1.807, 2.05) is 23.1 Å². The third kappa shape index (κ3) is 9.19. The molecule has 6 rings (SSSR count). The number of halogens is 1. The number of nitrogens with one attached hydrogen (secondary N) is 1. The number of sulfonamides is 1. The highest BCUT2D eigenvalue weighted by Gasteiger charge is 2.26. The number of para-hydroxylation sites is 2. The summed E-state index contributed by atoms with van der Waals surface area (Å²) in [6, 6.07) is 17.7. The van der Waals surface area contributed by atoms with Crippen LogP contribution in [0.15, 0.2) is 89.1 Å². The molecule has 2 aromatic carbocycles. The highest BCUT2D eigenvalue weighted by atomic mass is 79.9. The van der Waals surface area contributed by atoms with Gasteiger partial charge in [0.05, 0.1) is 30.2 Å². The molecule has 1 N–H and O–H groups in total. The van der Waals surface area contributed by atoms with Gasteiger partial charge in [-0.3, -0.25) is 4.72 Å². The van der Waals surface area contributed by atoms with Crippen LogP contribution in [0.5, 0.6) is 29.1 Å². The van der Waals surface area contributed by atoms with Crippen LogP contribution in [0.1, 0.15) is 5.56 Å². The van der Waals surface area contributed by atoms with E-state index in [-0.39, 0.29) is 48.2 Å². The molecule has 3 aromatic heterocycles. The Labute approximate surface area is 296 Å². The van der Waals surface area contributed by atoms with Crippen molar-refractivity contribution in [3.05, 3.63) is 94.7 Å². The first-order valence-electron chi connectivity index (χ1n) is 15.2. The molecule has 15 nitrogen and oxygen atoms in total. The monoisotopic (exact) mass is 762 g/mol. The van der Waals surface area contributed by atoms with E-state index in [0.717, 1.165) is 11.0 Å². The molecule has 1 aliphatic rings. The van der Waals surface area contributed by atoms with Crippen LogP contribution in [0.25, 0.3) is 17.6 Å². The van der Waals surface area contributed by atoms with E-state index in [1.54, 1.807) is 48.8 Å². The van der Waals surface area contributed by atoms with Crippen LogP contribution in [0, 0.1) is 0 Å². The zero-order valence-electron chi connectivity index (χ0n) is 26.7. The molecule has 0 aliphatic carbocycles. The van der Waals surface area contributed by atoms with Crippen molar-refractivity contribution in [2.24, 2.45) is 0 Å². The first-order chi connectivity index (χ1) is 24.4. The minimum Gasteiger partial charge on any atom is -0.493 e. The second-order valence-corrected chi connectivity index (χ2v) is 12.8. The zero-order chi connectivity index (χ0) is 34.8. The molecule has 0 amide bonds. The summed E-state index contributed by atoms with van der Waals surface area (Å²) in [5, 5.41) is 1.06. The maximum atomic E-state index is 13.0. The number of aromatic nitrogens is 6. The summed E-state index contributed by atoms with van der Waals surface area (Å²) in [5.41, 5.74) is 0.860. The van der Waals surface area contributed by atoms with Crippen LogP contribution in [0.4, 0.5) is 11.8 Å². The van der Waals surface area contributed by atoms with E-state index in [2.05, 4.69) is 40.6 Å². The average molecular weight is 764 g/mol. The Balaban J connectivity index is 1.37. The summed E-state index contributed by atoms with van der Waals surface area (Å²) in [4.78, 5) is 28.7. The van der Waals surface area contributed by atoms with Crippen LogP contribution >= 0.6 is 15.9 Å². The zero-order valence-corrected chi connectivity index (χ0v) is 29.1. The first kappa shape index (κ1) is 34.5. The molecule has 0 radical (unpaired) electrons. The number of hydrogen-bond donors (Lipinski definition) is 1. The summed E-state index contributed by atoms with van der Waals surface area (Å²) < 4.78 is 58.5. The lowest BCUT2D eigenvalue weighted by Crippen LogP contribution is -2.37. The van der Waals surface area contributed by atoms with E-state index in [0.29, 0.717) is 48.2 Å². The number of rotatable bonds is 14. The Kier molecular flexibility index (Phi) is 11.3. The predicted octanol–water partition coefficient (Wildman–Crippen LogP) is 4.99. The van der Waals surface area contributed by atoms with Crippen LogP contribution in [-0.4, -0.2) is 84.9 Å². The molecule has 0 atom stereocenters. The fourth-order valence-corrected chi connectivity index (χ4v) is 5.58. The summed E-state index contributed by atoms with van der Waals surface area (Å²) >= 11 is 3.30. The molecule has 1 fully saturated rings. The molecule has 0 spiro atoms. The lowest BCUT2D eigenvalue weighted by Gasteiger charge is -2.27. The lowest BCUT2D eigenvalue weighted by molar-refractivity contribution is 0.122. The van der Waals surface area contributed by atoms with Gasteiger partial charge < -0.3 is 28.6 Å². The second-order valence-electron chi connectivity index (χ2n) is 10.4. The maximum Gasteiger partial charge on any atom is 0.316 e. The van der Waals surface area contributed by atoms with E-state index >= 15 is 0 Å². The number of methoxy groups -OCH3 is 1. The highest BCUT2D eigenvalue weighted by molar-refractivity contribution is 9.10. The van der Waals surface area contributed by atoms with Crippen molar-refractivity contribution < 1.29 is 32.1 Å². The summed E-state index contributed by atoms with van der Waals surface area (Å²) in [7, 11) is -2.43. The van der Waals surface area contributed by atoms with Gasteiger partial charge in [0.2, 0.25) is 11.7 Å².